The van der Waals surface area contributed by atoms with Gasteiger partial charge in [-0.3, -0.25) is 0 Å². The molecule has 0 saturated carbocycles. The lowest BCUT2D eigenvalue weighted by molar-refractivity contribution is 0.350. The molecule has 0 aliphatic carbocycles. The largest absolute Gasteiger partial charge is 0.398 e. The van der Waals surface area contributed by atoms with E-state index in [9.17, 15) is 8.42 Å². The van der Waals surface area contributed by atoms with E-state index in [0.29, 0.717) is 11.6 Å². The topological polar surface area (TPSA) is 63.4 Å². The summed E-state index contributed by atoms with van der Waals surface area (Å²) in [4.78, 5) is 1.08. The lowest BCUT2D eigenvalue weighted by atomic mass is 10.3. The number of hydrogen-bond donors (Lipinski definition) is 1. The molecule has 0 spiro atoms. The van der Waals surface area contributed by atoms with Crippen LogP contribution in [0.5, 0.6) is 0 Å². The SMILES string of the molecule is CC(C)N(Cc1cccs1)S(=O)(=O)c1ccc(Cl)cc1N. The van der Waals surface area contributed by atoms with Gasteiger partial charge in [0.05, 0.1) is 5.69 Å². The quantitative estimate of drug-likeness (QED) is 0.843. The summed E-state index contributed by atoms with van der Waals surface area (Å²) >= 11 is 7.37. The van der Waals surface area contributed by atoms with Gasteiger partial charge >= 0.3 is 0 Å². The van der Waals surface area contributed by atoms with Gasteiger partial charge in [-0.05, 0) is 43.5 Å². The van der Waals surface area contributed by atoms with Crippen molar-refractivity contribution < 1.29 is 8.42 Å². The Morgan fingerprint density at radius 2 is 2.05 bits per heavy atom. The minimum absolute atomic E-state index is 0.0946. The second-order valence-electron chi connectivity index (χ2n) is 4.91. The molecule has 0 aliphatic heterocycles. The normalized spacial score (nSPS) is 12.2. The van der Waals surface area contributed by atoms with E-state index in [0.717, 1.165) is 4.88 Å². The third-order valence-electron chi connectivity index (χ3n) is 3.03. The van der Waals surface area contributed by atoms with E-state index in [2.05, 4.69) is 0 Å². The average Bonchev–Trinajstić information content (AvgIpc) is 2.87. The monoisotopic (exact) mass is 344 g/mol. The van der Waals surface area contributed by atoms with Crippen molar-refractivity contribution in [3.8, 4) is 0 Å². The summed E-state index contributed by atoms with van der Waals surface area (Å²) in [7, 11) is -3.67. The van der Waals surface area contributed by atoms with Gasteiger partial charge in [0.1, 0.15) is 4.90 Å². The number of rotatable bonds is 5. The molecule has 21 heavy (non-hydrogen) atoms. The molecule has 4 nitrogen and oxygen atoms in total. The maximum Gasteiger partial charge on any atom is 0.245 e. The van der Waals surface area contributed by atoms with Crippen molar-refractivity contribution in [2.75, 3.05) is 5.73 Å². The second kappa shape index (κ2) is 6.36. The van der Waals surface area contributed by atoms with Gasteiger partial charge in [0, 0.05) is 22.5 Å². The van der Waals surface area contributed by atoms with E-state index in [4.69, 9.17) is 17.3 Å². The fourth-order valence-electron chi connectivity index (χ4n) is 1.98. The minimum Gasteiger partial charge on any atom is -0.398 e. The number of nitrogen functional groups attached to an aromatic ring is 1. The Morgan fingerprint density at radius 3 is 2.57 bits per heavy atom. The number of sulfonamides is 1. The van der Waals surface area contributed by atoms with Crippen molar-refractivity contribution in [2.24, 2.45) is 0 Å². The number of halogens is 1. The first-order chi connectivity index (χ1) is 9.82. The molecule has 2 N–H and O–H groups in total. The van der Waals surface area contributed by atoms with Crippen LogP contribution in [0.4, 0.5) is 5.69 Å². The minimum atomic E-state index is -3.67. The summed E-state index contributed by atoms with van der Waals surface area (Å²) in [5.74, 6) is 0. The van der Waals surface area contributed by atoms with Crippen LogP contribution in [0.15, 0.2) is 40.6 Å². The summed E-state index contributed by atoms with van der Waals surface area (Å²) in [6.45, 7) is 4.02. The molecule has 0 radical (unpaired) electrons. The van der Waals surface area contributed by atoms with Crippen LogP contribution in [-0.2, 0) is 16.6 Å². The van der Waals surface area contributed by atoms with E-state index < -0.39 is 10.0 Å². The molecule has 0 unspecified atom stereocenters. The summed E-state index contributed by atoms with van der Waals surface area (Å²) in [5.41, 5.74) is 6.00. The number of anilines is 1. The number of thiophene rings is 1. The molecule has 0 saturated heterocycles. The molecule has 1 aromatic carbocycles. The molecule has 2 aromatic rings. The van der Waals surface area contributed by atoms with Crippen molar-refractivity contribution in [1.29, 1.82) is 0 Å². The smallest absolute Gasteiger partial charge is 0.245 e. The Balaban J connectivity index is 2.42. The number of hydrogen-bond acceptors (Lipinski definition) is 4. The summed E-state index contributed by atoms with van der Waals surface area (Å²) < 4.78 is 27.1. The van der Waals surface area contributed by atoms with Crippen LogP contribution >= 0.6 is 22.9 Å². The van der Waals surface area contributed by atoms with Gasteiger partial charge in [0.25, 0.3) is 0 Å². The number of nitrogens with zero attached hydrogens (tertiary/aromatic N) is 1. The van der Waals surface area contributed by atoms with Gasteiger partial charge in [-0.15, -0.1) is 11.3 Å². The van der Waals surface area contributed by atoms with Gasteiger partial charge < -0.3 is 5.73 Å². The number of benzene rings is 1. The fourth-order valence-corrected chi connectivity index (χ4v) is 4.66. The maximum atomic E-state index is 12.8. The van der Waals surface area contributed by atoms with Crippen molar-refractivity contribution in [2.45, 2.75) is 31.3 Å². The van der Waals surface area contributed by atoms with Gasteiger partial charge in [-0.2, -0.15) is 4.31 Å². The van der Waals surface area contributed by atoms with Crippen LogP contribution in [0.2, 0.25) is 5.02 Å². The Morgan fingerprint density at radius 1 is 1.33 bits per heavy atom. The molecule has 1 aromatic heterocycles. The molecule has 1 heterocycles. The summed E-state index contributed by atoms with van der Waals surface area (Å²) in [5, 5.41) is 2.35. The predicted molar refractivity (Wildman–Crippen MR) is 88.0 cm³/mol. The van der Waals surface area contributed by atoms with Gasteiger partial charge in [-0.1, -0.05) is 17.7 Å². The lowest BCUT2D eigenvalue weighted by Crippen LogP contribution is -2.36. The molecule has 7 heteroatoms. The molecule has 0 bridgehead atoms. The van der Waals surface area contributed by atoms with Crippen LogP contribution in [0.1, 0.15) is 18.7 Å². The van der Waals surface area contributed by atoms with Crippen molar-refractivity contribution >= 4 is 38.6 Å². The molecule has 114 valence electrons. The molecule has 0 amide bonds. The first-order valence-electron chi connectivity index (χ1n) is 6.41. The van der Waals surface area contributed by atoms with Crippen molar-refractivity contribution in [3.63, 3.8) is 0 Å². The zero-order valence-electron chi connectivity index (χ0n) is 11.8. The Kier molecular flexibility index (Phi) is 4.93. The maximum absolute atomic E-state index is 12.8. The molecule has 0 fully saturated rings. The van der Waals surface area contributed by atoms with E-state index in [1.54, 1.807) is 0 Å². The third kappa shape index (κ3) is 3.58. The highest BCUT2D eigenvalue weighted by atomic mass is 35.5. The van der Waals surface area contributed by atoms with E-state index in [1.807, 2.05) is 31.4 Å². The highest BCUT2D eigenvalue weighted by Crippen LogP contribution is 2.28. The molecule has 0 atom stereocenters. The highest BCUT2D eigenvalue weighted by Gasteiger charge is 2.29. The van der Waals surface area contributed by atoms with Crippen LogP contribution in [0.25, 0.3) is 0 Å². The third-order valence-corrected chi connectivity index (χ3v) is 6.22. The van der Waals surface area contributed by atoms with Crippen LogP contribution < -0.4 is 5.73 Å². The first kappa shape index (κ1) is 16.3. The highest BCUT2D eigenvalue weighted by molar-refractivity contribution is 7.89. The summed E-state index contributed by atoms with van der Waals surface area (Å²) in [6.07, 6.45) is 0. The van der Waals surface area contributed by atoms with Gasteiger partial charge in [0.15, 0.2) is 0 Å². The van der Waals surface area contributed by atoms with E-state index in [-0.39, 0.29) is 16.6 Å². The van der Waals surface area contributed by atoms with Crippen LogP contribution in [-0.4, -0.2) is 18.8 Å². The Hall–Kier alpha value is -1.08. The Bertz CT molecular complexity index is 713. The van der Waals surface area contributed by atoms with Gasteiger partial charge in [-0.25, -0.2) is 8.42 Å². The second-order valence-corrected chi connectivity index (χ2v) is 8.23. The van der Waals surface area contributed by atoms with Crippen molar-refractivity contribution in [3.05, 3.63) is 45.6 Å². The first-order valence-corrected chi connectivity index (χ1v) is 9.11. The Labute approximate surface area is 134 Å². The van der Waals surface area contributed by atoms with E-state index >= 15 is 0 Å². The fraction of sp³-hybridized carbons (Fsp3) is 0.286. The zero-order chi connectivity index (χ0) is 15.6. The standard InChI is InChI=1S/C14H17ClN2O2S2/c1-10(2)17(9-12-4-3-7-20-12)21(18,19)14-6-5-11(15)8-13(14)16/h3-8,10H,9,16H2,1-2H3. The number of nitrogens with two attached hydrogens (primary N) is 1. The molecule has 0 aliphatic rings. The lowest BCUT2D eigenvalue weighted by Gasteiger charge is -2.26. The zero-order valence-corrected chi connectivity index (χ0v) is 14.2. The predicted octanol–water partition coefficient (Wildman–Crippen LogP) is 3.58. The average molecular weight is 345 g/mol. The summed E-state index contributed by atoms with van der Waals surface area (Å²) in [6, 6.07) is 8.10. The van der Waals surface area contributed by atoms with Crippen molar-refractivity contribution in [1.82, 2.24) is 4.31 Å². The van der Waals surface area contributed by atoms with E-state index in [1.165, 1.54) is 33.8 Å². The van der Waals surface area contributed by atoms with Gasteiger partial charge in [0.2, 0.25) is 10.0 Å². The molecular formula is C14H17ClN2O2S2. The molecule has 2 rings (SSSR count). The molecular weight excluding hydrogens is 328 g/mol. The van der Waals surface area contributed by atoms with Crippen LogP contribution in [0, 0.1) is 0 Å². The van der Waals surface area contributed by atoms with Crippen LogP contribution in [0.3, 0.4) is 0 Å².